The van der Waals surface area contributed by atoms with Crippen LogP contribution in [0, 0.1) is 6.92 Å². The van der Waals surface area contributed by atoms with Crippen molar-refractivity contribution in [1.82, 2.24) is 19.7 Å². The summed E-state index contributed by atoms with van der Waals surface area (Å²) in [6.07, 6.45) is -3.08. The number of benzene rings is 2. The van der Waals surface area contributed by atoms with Crippen LogP contribution in [0.25, 0.3) is 0 Å². The molecule has 34 heavy (non-hydrogen) atoms. The molecule has 1 fully saturated rings. The van der Waals surface area contributed by atoms with E-state index in [1.807, 2.05) is 35.8 Å². The quantitative estimate of drug-likeness (QED) is 0.397. The molecule has 180 valence electrons. The highest BCUT2D eigenvalue weighted by Gasteiger charge is 2.37. The van der Waals surface area contributed by atoms with Gasteiger partial charge in [0.15, 0.2) is 5.82 Å². The molecular weight excluding hydrogens is 488 g/mol. The molecular formula is C24H23Cl2F3N4O. The van der Waals surface area contributed by atoms with Crippen LogP contribution in [0.4, 0.5) is 13.2 Å². The monoisotopic (exact) mass is 510 g/mol. The zero-order valence-electron chi connectivity index (χ0n) is 18.6. The van der Waals surface area contributed by atoms with Gasteiger partial charge in [-0.05, 0) is 68.1 Å². The second kappa shape index (κ2) is 9.58. The molecule has 0 aliphatic carbocycles. The van der Waals surface area contributed by atoms with E-state index in [1.165, 1.54) is 6.07 Å². The minimum Gasteiger partial charge on any atom is -0.332 e. The van der Waals surface area contributed by atoms with E-state index in [2.05, 4.69) is 10.2 Å². The fraction of sp³-hybridized carbons (Fsp3) is 0.375. The molecule has 1 saturated heterocycles. The van der Waals surface area contributed by atoms with Gasteiger partial charge in [0.1, 0.15) is 5.82 Å². The van der Waals surface area contributed by atoms with Gasteiger partial charge < -0.3 is 9.47 Å². The van der Waals surface area contributed by atoms with Crippen molar-refractivity contribution < 1.29 is 18.0 Å². The number of hydrogen-bond donors (Lipinski definition) is 0. The first-order valence-electron chi connectivity index (χ1n) is 10.9. The summed E-state index contributed by atoms with van der Waals surface area (Å²) in [6.45, 7) is 4.43. The molecule has 0 spiro atoms. The summed E-state index contributed by atoms with van der Waals surface area (Å²) in [5.74, 6) is 0.227. The summed E-state index contributed by atoms with van der Waals surface area (Å²) in [7, 11) is 0. The van der Waals surface area contributed by atoms with E-state index in [0.29, 0.717) is 36.2 Å². The Bertz CT molecular complexity index is 1190. The fourth-order valence-corrected chi connectivity index (χ4v) is 4.75. The molecule has 2 atom stereocenters. The number of nitrogens with zero attached hydrogens (tertiary/aromatic N) is 4. The standard InChI is InChI=1S/C24H23Cl2F3N4O/c1-14(19-12-17(24(27,28)29)7-10-20(19)26)23(34)32-11-3-4-21(32)22-31-30-15(2)33(22)13-16-5-8-18(25)9-6-16/h5-10,12,14,21H,3-4,11,13H2,1-2H3/t14?,21-/m1/s1. The molecule has 1 amide bonds. The van der Waals surface area contributed by atoms with Gasteiger partial charge in [-0.25, -0.2) is 0 Å². The first kappa shape index (κ1) is 24.5. The summed E-state index contributed by atoms with van der Waals surface area (Å²) in [5.41, 5.74) is 0.336. The van der Waals surface area contributed by atoms with Gasteiger partial charge in [0.25, 0.3) is 0 Å². The molecule has 0 N–H and O–H groups in total. The van der Waals surface area contributed by atoms with Gasteiger partial charge in [-0.1, -0.05) is 35.3 Å². The molecule has 1 aromatic heterocycles. The number of hydrogen-bond acceptors (Lipinski definition) is 3. The van der Waals surface area contributed by atoms with Crippen molar-refractivity contribution in [2.24, 2.45) is 0 Å². The number of aromatic nitrogens is 3. The Labute approximate surface area is 205 Å². The highest BCUT2D eigenvalue weighted by atomic mass is 35.5. The minimum atomic E-state index is -4.52. The van der Waals surface area contributed by atoms with Crippen molar-refractivity contribution in [1.29, 1.82) is 0 Å². The third-order valence-electron chi connectivity index (χ3n) is 6.21. The second-order valence-corrected chi connectivity index (χ2v) is 9.31. The topological polar surface area (TPSA) is 51.0 Å². The molecule has 5 nitrogen and oxygen atoms in total. The predicted octanol–water partition coefficient (Wildman–Crippen LogP) is 6.43. The number of amides is 1. The van der Waals surface area contributed by atoms with Gasteiger partial charge >= 0.3 is 6.18 Å². The summed E-state index contributed by atoms with van der Waals surface area (Å²) in [6, 6.07) is 10.2. The molecule has 0 radical (unpaired) electrons. The third-order valence-corrected chi connectivity index (χ3v) is 6.81. The van der Waals surface area contributed by atoms with E-state index in [0.717, 1.165) is 24.1 Å². The number of alkyl halides is 3. The summed E-state index contributed by atoms with van der Waals surface area (Å²) in [4.78, 5) is 15.2. The van der Waals surface area contributed by atoms with Crippen LogP contribution in [0.15, 0.2) is 42.5 Å². The van der Waals surface area contributed by atoms with Crippen LogP contribution < -0.4 is 0 Å². The van der Waals surface area contributed by atoms with E-state index in [-0.39, 0.29) is 22.5 Å². The molecule has 2 aromatic carbocycles. The largest absolute Gasteiger partial charge is 0.416 e. The van der Waals surface area contributed by atoms with Gasteiger partial charge in [0.2, 0.25) is 5.91 Å². The van der Waals surface area contributed by atoms with Crippen molar-refractivity contribution in [3.8, 4) is 0 Å². The number of carbonyl (C=O) groups is 1. The Morgan fingerprint density at radius 2 is 1.85 bits per heavy atom. The van der Waals surface area contributed by atoms with Crippen molar-refractivity contribution in [3.63, 3.8) is 0 Å². The van der Waals surface area contributed by atoms with Gasteiger partial charge in [-0.15, -0.1) is 10.2 Å². The number of halogens is 5. The Morgan fingerprint density at radius 3 is 2.53 bits per heavy atom. The second-order valence-electron chi connectivity index (χ2n) is 8.46. The van der Waals surface area contributed by atoms with E-state index in [9.17, 15) is 18.0 Å². The minimum absolute atomic E-state index is 0.131. The van der Waals surface area contributed by atoms with Crippen molar-refractivity contribution >= 4 is 29.1 Å². The Hall–Kier alpha value is -2.58. The average Bonchev–Trinajstić information content (AvgIpc) is 3.40. The SMILES string of the molecule is Cc1nnc([C@H]2CCCN2C(=O)C(C)c2cc(C(F)(F)F)ccc2Cl)n1Cc1ccc(Cl)cc1. The van der Waals surface area contributed by atoms with Gasteiger partial charge in [0, 0.05) is 16.6 Å². The first-order valence-corrected chi connectivity index (χ1v) is 11.6. The van der Waals surface area contributed by atoms with E-state index in [1.54, 1.807) is 11.8 Å². The van der Waals surface area contributed by atoms with Crippen molar-refractivity contribution in [2.75, 3.05) is 6.54 Å². The Balaban J connectivity index is 1.61. The van der Waals surface area contributed by atoms with Gasteiger partial charge in [-0.3, -0.25) is 4.79 Å². The van der Waals surface area contributed by atoms with Crippen molar-refractivity contribution in [3.05, 3.63) is 80.8 Å². The maximum atomic E-state index is 13.5. The summed E-state index contributed by atoms with van der Waals surface area (Å²) >= 11 is 12.2. The number of aryl methyl sites for hydroxylation is 1. The van der Waals surface area contributed by atoms with E-state index in [4.69, 9.17) is 23.2 Å². The lowest BCUT2D eigenvalue weighted by Crippen LogP contribution is -2.35. The number of carbonyl (C=O) groups excluding carboxylic acids is 1. The molecule has 10 heteroatoms. The number of rotatable bonds is 5. The Kier molecular flexibility index (Phi) is 6.92. The molecule has 2 heterocycles. The molecule has 3 aromatic rings. The molecule has 0 bridgehead atoms. The smallest absolute Gasteiger partial charge is 0.332 e. The van der Waals surface area contributed by atoms with Crippen LogP contribution in [-0.4, -0.2) is 32.1 Å². The summed E-state index contributed by atoms with van der Waals surface area (Å²) < 4.78 is 41.7. The maximum absolute atomic E-state index is 13.5. The molecule has 1 aliphatic rings. The maximum Gasteiger partial charge on any atom is 0.416 e. The van der Waals surface area contributed by atoms with Crippen LogP contribution in [0.5, 0.6) is 0 Å². The van der Waals surface area contributed by atoms with E-state index >= 15 is 0 Å². The highest BCUT2D eigenvalue weighted by Crippen LogP contribution is 2.38. The first-order chi connectivity index (χ1) is 16.1. The molecule has 1 unspecified atom stereocenters. The molecule has 4 rings (SSSR count). The highest BCUT2D eigenvalue weighted by molar-refractivity contribution is 6.31. The van der Waals surface area contributed by atoms with Crippen molar-refractivity contribution in [2.45, 2.75) is 51.4 Å². The lowest BCUT2D eigenvalue weighted by molar-refractivity contribution is -0.138. The van der Waals surface area contributed by atoms with Gasteiger partial charge in [0.05, 0.1) is 24.1 Å². The predicted molar refractivity (Wildman–Crippen MR) is 124 cm³/mol. The van der Waals surface area contributed by atoms with E-state index < -0.39 is 17.7 Å². The zero-order chi connectivity index (χ0) is 24.6. The Morgan fingerprint density at radius 1 is 1.15 bits per heavy atom. The van der Waals surface area contributed by atoms with Gasteiger partial charge in [-0.2, -0.15) is 13.2 Å². The lowest BCUT2D eigenvalue weighted by Gasteiger charge is -2.28. The van der Waals surface area contributed by atoms with Crippen LogP contribution in [-0.2, 0) is 17.5 Å². The van der Waals surface area contributed by atoms with Crippen LogP contribution in [0.2, 0.25) is 10.0 Å². The normalized spacial score (nSPS) is 17.3. The number of likely N-dealkylation sites (tertiary alicyclic amines) is 1. The third kappa shape index (κ3) is 4.93. The zero-order valence-corrected chi connectivity index (χ0v) is 20.1. The van der Waals surface area contributed by atoms with Crippen LogP contribution in [0.1, 0.15) is 60.1 Å². The van der Waals surface area contributed by atoms with Crippen LogP contribution in [0.3, 0.4) is 0 Å². The molecule has 0 saturated carbocycles. The lowest BCUT2D eigenvalue weighted by atomic mass is 9.97. The fourth-order valence-electron chi connectivity index (χ4n) is 4.34. The average molecular weight is 511 g/mol. The van der Waals surface area contributed by atoms with Crippen LogP contribution >= 0.6 is 23.2 Å². The molecule has 1 aliphatic heterocycles. The summed E-state index contributed by atoms with van der Waals surface area (Å²) in [5, 5.41) is 9.35.